The highest BCUT2D eigenvalue weighted by atomic mass is 32.1. The zero-order chi connectivity index (χ0) is 15.3. The molecule has 1 atom stereocenters. The number of nitrogens with zero attached hydrogens (tertiary/aromatic N) is 1. The maximum atomic E-state index is 11.9. The molecule has 0 saturated carbocycles. The largest absolute Gasteiger partial charge is 0.396 e. The fourth-order valence-electron chi connectivity index (χ4n) is 2.05. The van der Waals surface area contributed by atoms with E-state index in [1.165, 1.54) is 11.3 Å². The second-order valence-electron chi connectivity index (χ2n) is 5.34. The van der Waals surface area contributed by atoms with Gasteiger partial charge >= 0.3 is 4.87 Å². The van der Waals surface area contributed by atoms with E-state index in [0.29, 0.717) is 13.0 Å². The van der Waals surface area contributed by atoms with Gasteiger partial charge in [0.1, 0.15) is 0 Å². The molecule has 1 amide bonds. The number of thiazole rings is 1. The molecule has 0 aromatic carbocycles. The third-order valence-electron chi connectivity index (χ3n) is 3.53. The van der Waals surface area contributed by atoms with Crippen molar-refractivity contribution in [3.63, 3.8) is 0 Å². The van der Waals surface area contributed by atoms with E-state index in [0.717, 1.165) is 10.6 Å². The van der Waals surface area contributed by atoms with Crippen molar-refractivity contribution in [2.24, 2.45) is 5.92 Å². The van der Waals surface area contributed by atoms with E-state index >= 15 is 0 Å². The van der Waals surface area contributed by atoms with Gasteiger partial charge in [0.15, 0.2) is 0 Å². The van der Waals surface area contributed by atoms with Gasteiger partial charge in [0.25, 0.3) is 0 Å². The number of hydrogen-bond acceptors (Lipinski definition) is 4. The van der Waals surface area contributed by atoms with Crippen LogP contribution in [0.3, 0.4) is 0 Å². The predicted molar refractivity (Wildman–Crippen MR) is 81.1 cm³/mol. The van der Waals surface area contributed by atoms with Gasteiger partial charge < -0.3 is 15.0 Å². The minimum Gasteiger partial charge on any atom is -0.396 e. The first-order chi connectivity index (χ1) is 9.36. The van der Waals surface area contributed by atoms with Crippen LogP contribution in [-0.2, 0) is 11.3 Å². The summed E-state index contributed by atoms with van der Waals surface area (Å²) in [5, 5.41) is 11.9. The molecule has 0 radical (unpaired) electrons. The normalized spacial score (nSPS) is 12.7. The maximum Gasteiger partial charge on any atom is 0.307 e. The maximum absolute atomic E-state index is 11.9. The van der Waals surface area contributed by atoms with E-state index in [2.05, 4.69) is 5.32 Å². The van der Waals surface area contributed by atoms with Gasteiger partial charge in [-0.2, -0.15) is 0 Å². The van der Waals surface area contributed by atoms with Crippen molar-refractivity contribution < 1.29 is 9.90 Å². The second-order valence-corrected chi connectivity index (χ2v) is 6.51. The molecule has 0 aliphatic rings. The summed E-state index contributed by atoms with van der Waals surface area (Å²) in [5.41, 5.74) is 0.934. The fourth-order valence-corrected chi connectivity index (χ4v) is 2.91. The first kappa shape index (κ1) is 16.9. The van der Waals surface area contributed by atoms with Gasteiger partial charge in [-0.3, -0.25) is 9.59 Å². The number of amides is 1. The van der Waals surface area contributed by atoms with Crippen LogP contribution >= 0.6 is 11.3 Å². The Morgan fingerprint density at radius 2 is 2.05 bits per heavy atom. The van der Waals surface area contributed by atoms with Gasteiger partial charge in [0.2, 0.25) is 5.91 Å². The lowest BCUT2D eigenvalue weighted by molar-refractivity contribution is -0.122. The van der Waals surface area contributed by atoms with Crippen LogP contribution in [0, 0.1) is 19.8 Å². The standard InChI is InChI=1S/C14H24N2O3S/c1-9(2)12(6-8-17)15-13(18)5-7-16-10(3)11(4)20-14(16)19/h9,12,17H,5-8H2,1-4H3,(H,15,18). The smallest absolute Gasteiger partial charge is 0.307 e. The van der Waals surface area contributed by atoms with Gasteiger partial charge in [-0.25, -0.2) is 0 Å². The first-order valence-electron chi connectivity index (χ1n) is 6.93. The Kier molecular flexibility index (Phi) is 6.42. The topological polar surface area (TPSA) is 71.3 Å². The summed E-state index contributed by atoms with van der Waals surface area (Å²) in [5.74, 6) is 0.200. The number of aromatic nitrogens is 1. The highest BCUT2D eigenvalue weighted by Crippen LogP contribution is 2.10. The van der Waals surface area contributed by atoms with Crippen LogP contribution in [0.5, 0.6) is 0 Å². The van der Waals surface area contributed by atoms with Crippen LogP contribution < -0.4 is 10.2 Å². The second kappa shape index (κ2) is 7.59. The van der Waals surface area contributed by atoms with Crippen LogP contribution in [0.1, 0.15) is 37.3 Å². The number of aliphatic hydroxyl groups excluding tert-OH is 1. The minimum atomic E-state index is -0.0766. The number of carbonyl (C=O) groups is 1. The van der Waals surface area contributed by atoms with Gasteiger partial charge in [-0.05, 0) is 26.2 Å². The molecule has 1 aromatic rings. The van der Waals surface area contributed by atoms with Crippen molar-refractivity contribution >= 4 is 17.2 Å². The molecule has 0 saturated heterocycles. The summed E-state index contributed by atoms with van der Waals surface area (Å²) in [6.07, 6.45) is 0.839. The lowest BCUT2D eigenvalue weighted by Gasteiger charge is -2.21. The van der Waals surface area contributed by atoms with Gasteiger partial charge in [0.05, 0.1) is 0 Å². The molecular weight excluding hydrogens is 276 g/mol. The molecule has 0 fully saturated rings. The third-order valence-corrected chi connectivity index (χ3v) is 4.53. The molecular formula is C14H24N2O3S. The molecule has 0 aliphatic heterocycles. The SMILES string of the molecule is Cc1sc(=O)n(CCC(=O)NC(CCO)C(C)C)c1C. The van der Waals surface area contributed by atoms with Gasteiger partial charge in [0, 0.05) is 36.2 Å². The molecule has 1 unspecified atom stereocenters. The average molecular weight is 300 g/mol. The quantitative estimate of drug-likeness (QED) is 0.800. The van der Waals surface area contributed by atoms with Crippen molar-refractivity contribution in [3.05, 3.63) is 20.2 Å². The van der Waals surface area contributed by atoms with E-state index in [9.17, 15) is 9.59 Å². The van der Waals surface area contributed by atoms with Gasteiger partial charge in [-0.15, -0.1) is 0 Å². The molecule has 1 heterocycles. The van der Waals surface area contributed by atoms with E-state index in [-0.39, 0.29) is 35.8 Å². The number of carbonyl (C=O) groups excluding carboxylic acids is 1. The molecule has 20 heavy (non-hydrogen) atoms. The van der Waals surface area contributed by atoms with Gasteiger partial charge in [-0.1, -0.05) is 25.2 Å². The van der Waals surface area contributed by atoms with Crippen molar-refractivity contribution in [3.8, 4) is 0 Å². The van der Waals surface area contributed by atoms with Crippen LogP contribution in [0.25, 0.3) is 0 Å². The van der Waals surface area contributed by atoms with E-state index in [1.54, 1.807) is 4.57 Å². The fraction of sp³-hybridized carbons (Fsp3) is 0.714. The number of aliphatic hydroxyl groups is 1. The number of aryl methyl sites for hydroxylation is 1. The van der Waals surface area contributed by atoms with Crippen LogP contribution in [0.15, 0.2) is 4.79 Å². The average Bonchev–Trinajstić information content (AvgIpc) is 2.60. The Hall–Kier alpha value is -1.14. The van der Waals surface area contributed by atoms with Crippen LogP contribution in [-0.4, -0.2) is 28.2 Å². The molecule has 6 heteroatoms. The minimum absolute atomic E-state index is 0.0106. The Bertz CT molecular complexity index is 505. The number of hydrogen-bond donors (Lipinski definition) is 2. The summed E-state index contributed by atoms with van der Waals surface area (Å²) >= 11 is 1.22. The summed E-state index contributed by atoms with van der Waals surface area (Å²) < 4.78 is 1.65. The zero-order valence-corrected chi connectivity index (χ0v) is 13.4. The summed E-state index contributed by atoms with van der Waals surface area (Å²) in [6, 6.07) is -0.0190. The predicted octanol–water partition coefficient (Wildman–Crippen LogP) is 1.44. The number of rotatable bonds is 7. The van der Waals surface area contributed by atoms with Crippen LogP contribution in [0.4, 0.5) is 0 Å². The Morgan fingerprint density at radius 1 is 1.40 bits per heavy atom. The molecule has 0 spiro atoms. The zero-order valence-electron chi connectivity index (χ0n) is 12.6. The monoisotopic (exact) mass is 300 g/mol. The molecule has 2 N–H and O–H groups in total. The van der Waals surface area contributed by atoms with Crippen molar-refractivity contribution in [2.45, 2.75) is 53.1 Å². The van der Waals surface area contributed by atoms with Crippen LogP contribution in [0.2, 0.25) is 0 Å². The summed E-state index contributed by atoms with van der Waals surface area (Å²) in [7, 11) is 0. The highest BCUT2D eigenvalue weighted by Gasteiger charge is 2.16. The van der Waals surface area contributed by atoms with E-state index < -0.39 is 0 Å². The van der Waals surface area contributed by atoms with Crippen molar-refractivity contribution in [1.82, 2.24) is 9.88 Å². The summed E-state index contributed by atoms with van der Waals surface area (Å²) in [6.45, 7) is 8.30. The Balaban J connectivity index is 2.57. The van der Waals surface area contributed by atoms with E-state index in [1.807, 2.05) is 27.7 Å². The molecule has 1 aromatic heterocycles. The third kappa shape index (κ3) is 4.45. The number of nitrogens with one attached hydrogen (secondary N) is 1. The Morgan fingerprint density at radius 3 is 2.50 bits per heavy atom. The summed E-state index contributed by atoms with van der Waals surface area (Å²) in [4.78, 5) is 24.6. The first-order valence-corrected chi connectivity index (χ1v) is 7.75. The van der Waals surface area contributed by atoms with Crippen molar-refractivity contribution in [1.29, 1.82) is 0 Å². The molecule has 114 valence electrons. The molecule has 1 rings (SSSR count). The van der Waals surface area contributed by atoms with E-state index in [4.69, 9.17) is 5.11 Å². The molecule has 0 aliphatic carbocycles. The lowest BCUT2D eigenvalue weighted by Crippen LogP contribution is -2.39. The highest BCUT2D eigenvalue weighted by molar-refractivity contribution is 7.09. The molecule has 5 nitrogen and oxygen atoms in total. The lowest BCUT2D eigenvalue weighted by atomic mass is 10.0. The Labute approximate surface area is 123 Å². The van der Waals surface area contributed by atoms with Crippen molar-refractivity contribution in [2.75, 3.05) is 6.61 Å². The molecule has 0 bridgehead atoms.